The first-order chi connectivity index (χ1) is 16.2. The molecular weight excluding hydrogens is 420 g/mol. The maximum Gasteiger partial charge on any atom is 0.294 e. The second-order valence-corrected chi connectivity index (χ2v) is 8.15. The third kappa shape index (κ3) is 3.20. The summed E-state index contributed by atoms with van der Waals surface area (Å²) in [7, 11) is 0. The van der Waals surface area contributed by atoms with Crippen LogP contribution >= 0.6 is 0 Å². The number of nitrogens with zero attached hydrogens (tertiary/aromatic N) is 1. The van der Waals surface area contributed by atoms with Crippen molar-refractivity contribution in [1.29, 1.82) is 0 Å². The molecule has 1 aromatic carbocycles. The van der Waals surface area contributed by atoms with Crippen LogP contribution in [-0.2, 0) is 4.79 Å². The molecule has 1 aliphatic carbocycles. The molecule has 0 radical (unpaired) electrons. The quantitative estimate of drug-likeness (QED) is 0.441. The van der Waals surface area contributed by atoms with E-state index >= 15 is 0 Å². The Morgan fingerprint density at radius 3 is 2.30 bits per heavy atom. The molecule has 2 aliphatic rings. The number of furan rings is 3. The normalized spacial score (nSPS) is 20.1. The molecule has 0 spiro atoms. The molecule has 3 aromatic heterocycles. The second kappa shape index (κ2) is 7.70. The van der Waals surface area contributed by atoms with E-state index in [4.69, 9.17) is 13.3 Å². The van der Waals surface area contributed by atoms with E-state index in [1.54, 1.807) is 41.7 Å². The fraction of sp³-hybridized carbons (Fsp3) is 0.154. The number of rotatable bonds is 3. The van der Waals surface area contributed by atoms with Crippen LogP contribution < -0.4 is 10.2 Å². The van der Waals surface area contributed by atoms with Gasteiger partial charge in [-0.3, -0.25) is 14.5 Å². The van der Waals surface area contributed by atoms with Gasteiger partial charge in [-0.05, 0) is 55.0 Å². The maximum atomic E-state index is 13.7. The Bertz CT molecular complexity index is 1330. The summed E-state index contributed by atoms with van der Waals surface area (Å²) in [6, 6.07) is 17.3. The molecule has 6 rings (SSSR count). The van der Waals surface area contributed by atoms with Crippen LogP contribution in [0.1, 0.15) is 46.9 Å². The topological polar surface area (TPSA) is 88.8 Å². The van der Waals surface area contributed by atoms with Crippen molar-refractivity contribution in [2.24, 2.45) is 0 Å². The Kier molecular flexibility index (Phi) is 4.54. The van der Waals surface area contributed by atoms with Crippen molar-refractivity contribution in [3.63, 3.8) is 0 Å². The number of para-hydroxylation sites is 2. The van der Waals surface area contributed by atoms with Gasteiger partial charge in [-0.15, -0.1) is 0 Å². The largest absolute Gasteiger partial charge is 0.469 e. The van der Waals surface area contributed by atoms with Gasteiger partial charge in [-0.1, -0.05) is 12.1 Å². The summed E-state index contributed by atoms with van der Waals surface area (Å²) in [5.41, 5.74) is 2.64. The molecule has 7 heteroatoms. The van der Waals surface area contributed by atoms with Gasteiger partial charge in [0.25, 0.3) is 5.91 Å². The number of carbonyl (C=O) groups excluding carboxylic acids is 2. The minimum Gasteiger partial charge on any atom is -0.469 e. The van der Waals surface area contributed by atoms with Gasteiger partial charge in [-0.25, -0.2) is 0 Å². The van der Waals surface area contributed by atoms with Crippen LogP contribution in [-0.4, -0.2) is 11.7 Å². The molecule has 2 unspecified atom stereocenters. The molecular formula is C26H20N2O5. The lowest BCUT2D eigenvalue weighted by Crippen LogP contribution is -2.38. The Morgan fingerprint density at radius 1 is 0.848 bits per heavy atom. The highest BCUT2D eigenvalue weighted by Crippen LogP contribution is 2.47. The van der Waals surface area contributed by atoms with Crippen molar-refractivity contribution in [3.05, 3.63) is 108 Å². The third-order valence-corrected chi connectivity index (χ3v) is 6.20. The Balaban J connectivity index is 1.56. The average molecular weight is 440 g/mol. The van der Waals surface area contributed by atoms with Crippen LogP contribution in [0.15, 0.2) is 104 Å². The summed E-state index contributed by atoms with van der Waals surface area (Å²) in [4.78, 5) is 29.0. The van der Waals surface area contributed by atoms with Gasteiger partial charge < -0.3 is 18.6 Å². The van der Waals surface area contributed by atoms with E-state index in [-0.39, 0.29) is 29.8 Å². The van der Waals surface area contributed by atoms with Gasteiger partial charge in [0.1, 0.15) is 17.6 Å². The van der Waals surface area contributed by atoms with Crippen LogP contribution in [0.25, 0.3) is 0 Å². The Labute approximate surface area is 189 Å². The van der Waals surface area contributed by atoms with E-state index in [1.807, 2.05) is 36.4 Å². The number of nitrogens with one attached hydrogen (secondary N) is 1. The van der Waals surface area contributed by atoms with Crippen molar-refractivity contribution < 1.29 is 22.8 Å². The van der Waals surface area contributed by atoms with Crippen molar-refractivity contribution in [1.82, 2.24) is 0 Å². The Hall–Kier alpha value is -4.26. The molecule has 1 aliphatic heterocycles. The smallest absolute Gasteiger partial charge is 0.294 e. The van der Waals surface area contributed by atoms with Crippen LogP contribution in [0.5, 0.6) is 0 Å². The summed E-state index contributed by atoms with van der Waals surface area (Å²) in [5, 5.41) is 3.46. The number of hydrogen-bond acceptors (Lipinski definition) is 6. The molecule has 1 amide bonds. The van der Waals surface area contributed by atoms with Crippen LogP contribution in [0.4, 0.5) is 11.4 Å². The van der Waals surface area contributed by atoms with Crippen molar-refractivity contribution >= 4 is 23.1 Å². The van der Waals surface area contributed by atoms with Gasteiger partial charge in [0.05, 0.1) is 30.2 Å². The first-order valence-corrected chi connectivity index (χ1v) is 10.8. The number of carbonyl (C=O) groups is 2. The molecule has 0 bridgehead atoms. The summed E-state index contributed by atoms with van der Waals surface area (Å²) in [6.07, 6.45) is 5.48. The molecule has 0 saturated heterocycles. The fourth-order valence-corrected chi connectivity index (χ4v) is 4.77. The number of hydrogen-bond donors (Lipinski definition) is 1. The number of ketones is 1. The molecule has 4 heterocycles. The zero-order chi connectivity index (χ0) is 22.4. The molecule has 33 heavy (non-hydrogen) atoms. The van der Waals surface area contributed by atoms with Gasteiger partial charge >= 0.3 is 0 Å². The highest BCUT2D eigenvalue weighted by atomic mass is 16.3. The average Bonchev–Trinajstić information content (AvgIpc) is 3.61. The lowest BCUT2D eigenvalue weighted by Gasteiger charge is -2.32. The molecule has 0 saturated carbocycles. The van der Waals surface area contributed by atoms with Crippen molar-refractivity contribution in [3.8, 4) is 0 Å². The number of fused-ring (bicyclic) bond motifs is 1. The molecule has 1 N–H and O–H groups in total. The SMILES string of the molecule is O=C1CC(c2ccco2)CC2=C1C(c1ccco1)N(C(=O)c1ccco1)c1ccccc1N2. The van der Waals surface area contributed by atoms with Crippen LogP contribution in [0, 0.1) is 0 Å². The first-order valence-electron chi connectivity index (χ1n) is 10.8. The van der Waals surface area contributed by atoms with Crippen LogP contribution in [0.2, 0.25) is 0 Å². The Morgan fingerprint density at radius 2 is 1.58 bits per heavy atom. The lowest BCUT2D eigenvalue weighted by atomic mass is 9.81. The van der Waals surface area contributed by atoms with E-state index in [0.29, 0.717) is 23.4 Å². The number of amides is 1. The number of anilines is 2. The van der Waals surface area contributed by atoms with E-state index in [0.717, 1.165) is 17.1 Å². The predicted molar refractivity (Wildman–Crippen MR) is 120 cm³/mol. The second-order valence-electron chi connectivity index (χ2n) is 8.15. The number of Topliss-reactive ketones (excluding diaryl/α,β-unsaturated/α-hetero) is 1. The number of allylic oxidation sites excluding steroid dienone is 1. The summed E-state index contributed by atoms with van der Waals surface area (Å²) in [5.74, 6) is 0.956. The minimum atomic E-state index is -0.742. The molecule has 164 valence electrons. The van der Waals surface area contributed by atoms with Crippen LogP contribution in [0.3, 0.4) is 0 Å². The third-order valence-electron chi connectivity index (χ3n) is 6.20. The summed E-state index contributed by atoms with van der Waals surface area (Å²) >= 11 is 0. The van der Waals surface area contributed by atoms with E-state index in [9.17, 15) is 9.59 Å². The molecule has 7 nitrogen and oxygen atoms in total. The van der Waals surface area contributed by atoms with Gasteiger partial charge in [0.15, 0.2) is 11.5 Å². The highest BCUT2D eigenvalue weighted by molar-refractivity contribution is 6.10. The fourth-order valence-electron chi connectivity index (χ4n) is 4.77. The minimum absolute atomic E-state index is 0.0587. The first kappa shape index (κ1) is 19.4. The van der Waals surface area contributed by atoms with Crippen molar-refractivity contribution in [2.75, 3.05) is 10.2 Å². The monoisotopic (exact) mass is 440 g/mol. The van der Waals surface area contributed by atoms with E-state index in [1.165, 1.54) is 6.26 Å². The molecule has 4 aromatic rings. The highest BCUT2D eigenvalue weighted by Gasteiger charge is 2.43. The molecule has 0 fully saturated rings. The van der Waals surface area contributed by atoms with Gasteiger partial charge in [-0.2, -0.15) is 0 Å². The number of benzene rings is 1. The lowest BCUT2D eigenvalue weighted by molar-refractivity contribution is -0.116. The zero-order valence-electron chi connectivity index (χ0n) is 17.6. The molecule has 2 atom stereocenters. The van der Waals surface area contributed by atoms with E-state index < -0.39 is 6.04 Å². The van der Waals surface area contributed by atoms with E-state index in [2.05, 4.69) is 5.32 Å². The summed E-state index contributed by atoms with van der Waals surface area (Å²) < 4.78 is 16.8. The van der Waals surface area contributed by atoms with Crippen molar-refractivity contribution in [2.45, 2.75) is 24.8 Å². The predicted octanol–water partition coefficient (Wildman–Crippen LogP) is 5.68. The van der Waals surface area contributed by atoms with Gasteiger partial charge in [0, 0.05) is 23.6 Å². The maximum absolute atomic E-state index is 13.7. The standard InChI is InChI=1S/C26H20N2O5/c29-20-15-16(21-8-3-11-31-21)14-18-24(20)25(22-9-4-12-32-22)28(26(30)23-10-5-13-33-23)19-7-2-1-6-17(19)27-18/h1-13,16,25,27H,14-15H2. The zero-order valence-corrected chi connectivity index (χ0v) is 17.6. The summed E-state index contributed by atoms with van der Waals surface area (Å²) in [6.45, 7) is 0. The van der Waals surface area contributed by atoms with Gasteiger partial charge in [0.2, 0.25) is 0 Å².